The predicted octanol–water partition coefficient (Wildman–Crippen LogP) is 0.902. The van der Waals surface area contributed by atoms with E-state index in [4.69, 9.17) is 11.8 Å². The number of aromatic hydroxyl groups is 1. The van der Waals surface area contributed by atoms with Gasteiger partial charge in [0.2, 0.25) is 0 Å². The van der Waals surface area contributed by atoms with Crippen LogP contribution in [0.2, 0.25) is 0 Å². The second-order valence-corrected chi connectivity index (χ2v) is 2.45. The van der Waals surface area contributed by atoms with Gasteiger partial charge in [-0.25, -0.2) is 0 Å². The Hall–Kier alpha value is -1.22. The van der Waals surface area contributed by atoms with Gasteiger partial charge < -0.3 is 15.6 Å². The molecule has 1 aromatic carbocycles. The third-order valence-corrected chi connectivity index (χ3v) is 1.60. The lowest BCUT2D eigenvalue weighted by molar-refractivity contribution is 0.373. The van der Waals surface area contributed by atoms with Crippen LogP contribution in [-0.2, 0) is 6.42 Å². The molecule has 0 fully saturated rings. The Bertz CT molecular complexity index is 289. The number of ether oxygens (including phenoxy) is 1. The fourth-order valence-electron chi connectivity index (χ4n) is 0.985. The predicted molar refractivity (Wildman–Crippen MR) is 47.4 cm³/mol. The van der Waals surface area contributed by atoms with Gasteiger partial charge in [-0.15, -0.1) is 0 Å². The Morgan fingerprint density at radius 1 is 1.67 bits per heavy atom. The van der Waals surface area contributed by atoms with E-state index in [1.165, 1.54) is 13.2 Å². The second kappa shape index (κ2) is 3.97. The topological polar surface area (TPSA) is 55.5 Å². The number of phenols is 1. The minimum atomic E-state index is -0.630. The van der Waals surface area contributed by atoms with Gasteiger partial charge in [0.15, 0.2) is 11.5 Å². The molecule has 0 radical (unpaired) electrons. The normalized spacial score (nSPS) is 13.7. The standard InChI is InChI=1S/C9H13NO2/c1-12-9-6-7(4-5-10)2-3-8(9)11/h2-3,6,11H,4-5,10H2,1H3/i5T/t5-/m0/s1. The molecule has 0 amide bonds. The van der Waals surface area contributed by atoms with Crippen molar-refractivity contribution in [2.24, 2.45) is 5.73 Å². The average Bonchev–Trinajstić information content (AvgIpc) is 2.07. The monoisotopic (exact) mass is 169 g/mol. The van der Waals surface area contributed by atoms with Gasteiger partial charge in [-0.3, -0.25) is 0 Å². The number of hydrogen-bond donors (Lipinski definition) is 2. The Balaban J connectivity index is 2.86. The van der Waals surface area contributed by atoms with E-state index in [9.17, 15) is 5.11 Å². The lowest BCUT2D eigenvalue weighted by Gasteiger charge is -2.05. The molecule has 0 aromatic heterocycles. The summed E-state index contributed by atoms with van der Waals surface area (Å²) in [5, 5.41) is 9.27. The smallest absolute Gasteiger partial charge is 0.160 e. The van der Waals surface area contributed by atoms with E-state index in [1.807, 2.05) is 0 Å². The quantitative estimate of drug-likeness (QED) is 0.707. The van der Waals surface area contributed by atoms with Crippen LogP contribution in [0.4, 0.5) is 0 Å². The minimum absolute atomic E-state index is 0.102. The van der Waals surface area contributed by atoms with Crippen LogP contribution in [-0.4, -0.2) is 18.7 Å². The third kappa shape index (κ3) is 1.89. The molecule has 1 rings (SSSR count). The van der Waals surface area contributed by atoms with Crippen molar-refractivity contribution < 1.29 is 11.2 Å². The van der Waals surface area contributed by atoms with Crippen LogP contribution in [0.15, 0.2) is 18.2 Å². The van der Waals surface area contributed by atoms with Crippen LogP contribution in [0.25, 0.3) is 0 Å². The number of methoxy groups -OCH3 is 1. The lowest BCUT2D eigenvalue weighted by Crippen LogP contribution is -2.02. The maximum Gasteiger partial charge on any atom is 0.160 e. The maximum absolute atomic E-state index is 9.27. The zero-order chi connectivity index (χ0) is 9.84. The van der Waals surface area contributed by atoms with Gasteiger partial charge in [-0.05, 0) is 30.6 Å². The molecule has 3 heteroatoms. The van der Waals surface area contributed by atoms with Gasteiger partial charge in [-0.1, -0.05) is 6.07 Å². The molecule has 12 heavy (non-hydrogen) atoms. The van der Waals surface area contributed by atoms with Crippen LogP contribution in [0.1, 0.15) is 6.93 Å². The fraction of sp³-hybridized carbons (Fsp3) is 0.333. The van der Waals surface area contributed by atoms with Crippen LogP contribution in [0.3, 0.4) is 0 Å². The molecule has 1 aromatic rings. The van der Waals surface area contributed by atoms with Gasteiger partial charge in [0, 0.05) is 1.37 Å². The van der Waals surface area contributed by atoms with Crippen molar-refractivity contribution in [2.75, 3.05) is 13.6 Å². The molecule has 0 unspecified atom stereocenters. The number of aryl methyl sites for hydroxylation is 1. The summed E-state index contributed by atoms with van der Waals surface area (Å²) in [7, 11) is 1.49. The SMILES string of the molecule is [3H][C@H](N)Cc1ccc(O)c(OC)c1. The molecule has 0 saturated carbocycles. The summed E-state index contributed by atoms with van der Waals surface area (Å²) < 4.78 is 12.1. The molecule has 0 heterocycles. The first-order valence-electron chi connectivity index (χ1n) is 4.25. The van der Waals surface area contributed by atoms with Gasteiger partial charge >= 0.3 is 0 Å². The minimum Gasteiger partial charge on any atom is -0.504 e. The second-order valence-electron chi connectivity index (χ2n) is 2.45. The molecular formula is C9H13NO2. The summed E-state index contributed by atoms with van der Waals surface area (Å²) in [6.07, 6.45) is 0.455. The zero-order valence-corrected chi connectivity index (χ0v) is 6.95. The molecule has 0 spiro atoms. The highest BCUT2D eigenvalue weighted by molar-refractivity contribution is 5.41. The van der Waals surface area contributed by atoms with Crippen LogP contribution >= 0.6 is 0 Å². The summed E-state index contributed by atoms with van der Waals surface area (Å²) >= 11 is 0. The molecule has 0 aliphatic heterocycles. The molecule has 3 nitrogen and oxygen atoms in total. The van der Waals surface area contributed by atoms with Crippen molar-refractivity contribution in [1.82, 2.24) is 0 Å². The highest BCUT2D eigenvalue weighted by Gasteiger charge is 2.00. The van der Waals surface area contributed by atoms with E-state index in [2.05, 4.69) is 0 Å². The summed E-state index contributed by atoms with van der Waals surface area (Å²) in [5.74, 6) is 0.517. The van der Waals surface area contributed by atoms with Crippen molar-refractivity contribution in [2.45, 2.75) is 6.42 Å². The summed E-state index contributed by atoms with van der Waals surface area (Å²) in [4.78, 5) is 0. The van der Waals surface area contributed by atoms with Gasteiger partial charge in [0.25, 0.3) is 0 Å². The number of rotatable bonds is 3. The Morgan fingerprint density at radius 2 is 2.42 bits per heavy atom. The largest absolute Gasteiger partial charge is 0.504 e. The van der Waals surface area contributed by atoms with Crippen molar-refractivity contribution >= 4 is 0 Å². The van der Waals surface area contributed by atoms with Gasteiger partial charge in [-0.2, -0.15) is 0 Å². The first-order valence-corrected chi connectivity index (χ1v) is 3.67. The van der Waals surface area contributed by atoms with Gasteiger partial charge in [0.05, 0.1) is 7.11 Å². The van der Waals surface area contributed by atoms with Crippen LogP contribution < -0.4 is 10.5 Å². The molecule has 0 saturated heterocycles. The van der Waals surface area contributed by atoms with Crippen molar-refractivity contribution in [3.63, 3.8) is 0 Å². The molecule has 3 N–H and O–H groups in total. The van der Waals surface area contributed by atoms with Gasteiger partial charge in [0.1, 0.15) is 0 Å². The number of phenolic OH excluding ortho intramolecular Hbond substituents is 1. The summed E-state index contributed by atoms with van der Waals surface area (Å²) in [6.45, 7) is -0.630. The number of hydrogen-bond acceptors (Lipinski definition) is 3. The van der Waals surface area contributed by atoms with Crippen molar-refractivity contribution in [1.29, 1.82) is 0 Å². The van der Waals surface area contributed by atoms with Crippen molar-refractivity contribution in [3.8, 4) is 11.5 Å². The number of benzene rings is 1. The fourth-order valence-corrected chi connectivity index (χ4v) is 0.985. The highest BCUT2D eigenvalue weighted by Crippen LogP contribution is 2.26. The van der Waals surface area contributed by atoms with E-state index in [0.717, 1.165) is 5.56 Å². The van der Waals surface area contributed by atoms with E-state index in [0.29, 0.717) is 12.2 Å². The lowest BCUT2D eigenvalue weighted by atomic mass is 10.1. The van der Waals surface area contributed by atoms with Crippen LogP contribution in [0, 0.1) is 0 Å². The van der Waals surface area contributed by atoms with Crippen molar-refractivity contribution in [3.05, 3.63) is 23.8 Å². The average molecular weight is 169 g/mol. The van der Waals surface area contributed by atoms with E-state index in [-0.39, 0.29) is 5.75 Å². The van der Waals surface area contributed by atoms with E-state index >= 15 is 0 Å². The summed E-state index contributed by atoms with van der Waals surface area (Å²) in [6, 6.07) is 4.95. The van der Waals surface area contributed by atoms with Crippen LogP contribution in [0.5, 0.6) is 11.5 Å². The molecular weight excluding hydrogens is 154 g/mol. The zero-order valence-electron chi connectivity index (χ0n) is 7.95. The highest BCUT2D eigenvalue weighted by atomic mass is 16.5. The third-order valence-electron chi connectivity index (χ3n) is 1.60. The van der Waals surface area contributed by atoms with E-state index in [1.54, 1.807) is 12.1 Å². The molecule has 0 aliphatic rings. The summed E-state index contributed by atoms with van der Waals surface area (Å²) in [5.41, 5.74) is 6.20. The molecule has 1 atom stereocenters. The Labute approximate surface area is 73.2 Å². The number of nitrogens with two attached hydrogens (primary N) is 1. The Kier molecular flexibility index (Phi) is 2.46. The first-order chi connectivity index (χ1) is 6.13. The molecule has 0 aliphatic carbocycles. The molecule has 0 bridgehead atoms. The maximum atomic E-state index is 9.27. The Morgan fingerprint density at radius 3 is 3.00 bits per heavy atom. The molecule has 66 valence electrons. The van der Waals surface area contributed by atoms with E-state index < -0.39 is 6.52 Å². The first kappa shape index (κ1) is 7.43.